The topological polar surface area (TPSA) is 61.0 Å². The van der Waals surface area contributed by atoms with E-state index in [0.717, 1.165) is 5.69 Å². The monoisotopic (exact) mass is 139 g/mol. The number of nitrogens with two attached hydrogens (primary N) is 1. The van der Waals surface area contributed by atoms with E-state index in [1.54, 1.807) is 6.92 Å². The van der Waals surface area contributed by atoms with Crippen LogP contribution >= 0.6 is 0 Å². The number of nitrogens with zero attached hydrogens (tertiary/aromatic N) is 2. The van der Waals surface area contributed by atoms with Gasteiger partial charge in [-0.1, -0.05) is 0 Å². The molecule has 0 aliphatic carbocycles. The van der Waals surface area contributed by atoms with E-state index >= 15 is 0 Å². The first-order chi connectivity index (χ1) is 4.74. The molecule has 0 unspecified atom stereocenters. The second kappa shape index (κ2) is 2.51. The normalized spacial score (nSPS) is 9.40. The second-order valence-electron chi connectivity index (χ2n) is 1.90. The first-order valence-corrected chi connectivity index (χ1v) is 2.87. The molecule has 0 spiro atoms. The van der Waals surface area contributed by atoms with Crippen molar-refractivity contribution in [3.05, 3.63) is 11.9 Å². The van der Waals surface area contributed by atoms with Crippen molar-refractivity contribution in [3.8, 4) is 6.01 Å². The minimum Gasteiger partial charge on any atom is -0.467 e. The molecule has 1 rings (SSSR count). The molecule has 2 N–H and O–H groups in total. The fraction of sp³-hybridized carbons (Fsp3) is 0.333. The van der Waals surface area contributed by atoms with Gasteiger partial charge in [0, 0.05) is 0 Å². The van der Waals surface area contributed by atoms with Gasteiger partial charge < -0.3 is 10.5 Å². The zero-order chi connectivity index (χ0) is 7.56. The minimum absolute atomic E-state index is 0.353. The number of anilines is 1. The molecule has 0 aromatic carbocycles. The maximum absolute atomic E-state index is 5.46. The molecular formula is C6H9N3O. The third-order valence-corrected chi connectivity index (χ3v) is 1.18. The number of hydrogen-bond acceptors (Lipinski definition) is 4. The Bertz CT molecular complexity index is 236. The summed E-state index contributed by atoms with van der Waals surface area (Å²) in [6.07, 6.45) is 1.53. The fourth-order valence-corrected chi connectivity index (χ4v) is 0.553. The van der Waals surface area contributed by atoms with Gasteiger partial charge in [-0.3, -0.25) is 0 Å². The van der Waals surface area contributed by atoms with Gasteiger partial charge in [0.25, 0.3) is 0 Å². The van der Waals surface area contributed by atoms with E-state index in [4.69, 9.17) is 10.5 Å². The quantitative estimate of drug-likeness (QED) is 0.610. The third-order valence-electron chi connectivity index (χ3n) is 1.18. The zero-order valence-electron chi connectivity index (χ0n) is 5.96. The van der Waals surface area contributed by atoms with Crippen molar-refractivity contribution in [3.63, 3.8) is 0 Å². The molecule has 1 heterocycles. The van der Waals surface area contributed by atoms with Crippen LogP contribution in [0.2, 0.25) is 0 Å². The molecule has 0 aliphatic heterocycles. The fourth-order valence-electron chi connectivity index (χ4n) is 0.553. The Morgan fingerprint density at radius 3 is 2.80 bits per heavy atom. The Balaban J connectivity index is 3.04. The van der Waals surface area contributed by atoms with Gasteiger partial charge in [0.15, 0.2) is 0 Å². The largest absolute Gasteiger partial charge is 0.467 e. The summed E-state index contributed by atoms with van der Waals surface area (Å²) >= 11 is 0. The van der Waals surface area contributed by atoms with Gasteiger partial charge in [-0.15, -0.1) is 0 Å². The molecule has 54 valence electrons. The maximum Gasteiger partial charge on any atom is 0.316 e. The highest BCUT2D eigenvalue weighted by atomic mass is 16.5. The summed E-state index contributed by atoms with van der Waals surface area (Å²) < 4.78 is 4.77. The van der Waals surface area contributed by atoms with Crippen LogP contribution in [0, 0.1) is 6.92 Å². The molecule has 0 amide bonds. The first-order valence-electron chi connectivity index (χ1n) is 2.87. The highest BCUT2D eigenvalue weighted by Gasteiger charge is 1.97. The Kier molecular flexibility index (Phi) is 1.71. The van der Waals surface area contributed by atoms with E-state index < -0.39 is 0 Å². The molecule has 10 heavy (non-hydrogen) atoms. The third kappa shape index (κ3) is 1.15. The zero-order valence-corrected chi connectivity index (χ0v) is 5.96. The van der Waals surface area contributed by atoms with Crippen molar-refractivity contribution in [2.24, 2.45) is 0 Å². The number of nitrogen functional groups attached to an aromatic ring is 1. The number of rotatable bonds is 1. The molecule has 0 saturated carbocycles. The van der Waals surface area contributed by atoms with Crippen LogP contribution < -0.4 is 10.5 Å². The predicted octanol–water partition coefficient (Wildman–Crippen LogP) is 0.376. The number of aryl methyl sites for hydroxylation is 1. The number of ether oxygens (including phenoxy) is 1. The van der Waals surface area contributed by atoms with Crippen LogP contribution in [0.15, 0.2) is 6.20 Å². The van der Waals surface area contributed by atoms with Crippen molar-refractivity contribution in [1.82, 2.24) is 9.97 Å². The lowest BCUT2D eigenvalue weighted by atomic mass is 10.4. The van der Waals surface area contributed by atoms with E-state index in [0.29, 0.717) is 11.7 Å². The Hall–Kier alpha value is -1.32. The minimum atomic E-state index is 0.353. The predicted molar refractivity (Wildman–Crippen MR) is 37.7 cm³/mol. The summed E-state index contributed by atoms with van der Waals surface area (Å²) in [7, 11) is 1.52. The number of methoxy groups -OCH3 is 1. The molecule has 1 aromatic rings. The van der Waals surface area contributed by atoms with E-state index in [-0.39, 0.29) is 0 Å². The Morgan fingerprint density at radius 2 is 2.30 bits per heavy atom. The van der Waals surface area contributed by atoms with Crippen LogP contribution in [0.1, 0.15) is 5.69 Å². The SMILES string of the molecule is COc1ncc(N)c(C)n1. The van der Waals surface area contributed by atoms with Gasteiger partial charge in [-0.2, -0.15) is 4.98 Å². The van der Waals surface area contributed by atoms with Crippen molar-refractivity contribution in [2.45, 2.75) is 6.92 Å². The highest BCUT2D eigenvalue weighted by molar-refractivity contribution is 5.39. The maximum atomic E-state index is 5.46. The van der Waals surface area contributed by atoms with Crippen LogP contribution in [0.4, 0.5) is 5.69 Å². The van der Waals surface area contributed by atoms with E-state index in [2.05, 4.69) is 9.97 Å². The number of hydrogen-bond donors (Lipinski definition) is 1. The standard InChI is InChI=1S/C6H9N3O/c1-4-5(7)3-8-6(9-4)10-2/h3H,7H2,1-2H3. The Labute approximate surface area is 59.1 Å². The summed E-state index contributed by atoms with van der Waals surface area (Å²) in [5.74, 6) is 0. The van der Waals surface area contributed by atoms with E-state index in [9.17, 15) is 0 Å². The second-order valence-corrected chi connectivity index (χ2v) is 1.90. The van der Waals surface area contributed by atoms with Crippen molar-refractivity contribution in [1.29, 1.82) is 0 Å². The molecule has 0 aliphatic rings. The van der Waals surface area contributed by atoms with Gasteiger partial charge in [-0.25, -0.2) is 4.98 Å². The lowest BCUT2D eigenvalue weighted by molar-refractivity contribution is 0.379. The molecule has 0 radical (unpaired) electrons. The summed E-state index contributed by atoms with van der Waals surface area (Å²) in [6, 6.07) is 0.353. The van der Waals surface area contributed by atoms with Crippen molar-refractivity contribution >= 4 is 5.69 Å². The molecule has 1 aromatic heterocycles. The Morgan fingerprint density at radius 1 is 1.60 bits per heavy atom. The summed E-state index contributed by atoms with van der Waals surface area (Å²) in [5.41, 5.74) is 6.79. The summed E-state index contributed by atoms with van der Waals surface area (Å²) in [4.78, 5) is 7.73. The molecule has 0 atom stereocenters. The molecule has 0 bridgehead atoms. The lowest BCUT2D eigenvalue weighted by Gasteiger charge is -1.99. The van der Waals surface area contributed by atoms with Gasteiger partial charge >= 0.3 is 6.01 Å². The molecule has 4 nitrogen and oxygen atoms in total. The lowest BCUT2D eigenvalue weighted by Crippen LogP contribution is -1.97. The van der Waals surface area contributed by atoms with Crippen LogP contribution in [-0.4, -0.2) is 17.1 Å². The number of aromatic nitrogens is 2. The average molecular weight is 139 g/mol. The van der Waals surface area contributed by atoms with Gasteiger partial charge in [0.2, 0.25) is 0 Å². The van der Waals surface area contributed by atoms with Crippen molar-refractivity contribution in [2.75, 3.05) is 12.8 Å². The molecule has 4 heteroatoms. The molecule has 0 saturated heterocycles. The van der Waals surface area contributed by atoms with E-state index in [1.165, 1.54) is 13.3 Å². The van der Waals surface area contributed by atoms with Crippen LogP contribution in [0.25, 0.3) is 0 Å². The summed E-state index contributed by atoms with van der Waals surface area (Å²) in [6.45, 7) is 1.81. The van der Waals surface area contributed by atoms with Crippen LogP contribution in [0.5, 0.6) is 6.01 Å². The first kappa shape index (κ1) is 6.80. The van der Waals surface area contributed by atoms with Gasteiger partial charge in [0.1, 0.15) is 0 Å². The van der Waals surface area contributed by atoms with Gasteiger partial charge in [0.05, 0.1) is 24.7 Å². The molecule has 0 fully saturated rings. The van der Waals surface area contributed by atoms with Crippen LogP contribution in [0.3, 0.4) is 0 Å². The summed E-state index contributed by atoms with van der Waals surface area (Å²) in [5, 5.41) is 0. The van der Waals surface area contributed by atoms with Gasteiger partial charge in [-0.05, 0) is 6.92 Å². The van der Waals surface area contributed by atoms with Crippen LogP contribution in [-0.2, 0) is 0 Å². The smallest absolute Gasteiger partial charge is 0.316 e. The highest BCUT2D eigenvalue weighted by Crippen LogP contribution is 2.08. The van der Waals surface area contributed by atoms with E-state index in [1.807, 2.05) is 0 Å². The van der Waals surface area contributed by atoms with Crippen molar-refractivity contribution < 1.29 is 4.74 Å². The average Bonchev–Trinajstić information content (AvgIpc) is 1.95. The molecular weight excluding hydrogens is 130 g/mol.